The number of carbonyl (C=O) groups is 1. The van der Waals surface area contributed by atoms with E-state index in [2.05, 4.69) is 20.2 Å². The van der Waals surface area contributed by atoms with Gasteiger partial charge in [-0.1, -0.05) is 18.2 Å². The first-order valence-electron chi connectivity index (χ1n) is 8.17. The molecular weight excluding hydrogens is 307 g/mol. The van der Waals surface area contributed by atoms with Crippen LogP contribution in [0.2, 0.25) is 0 Å². The first kappa shape index (κ1) is 17.8. The van der Waals surface area contributed by atoms with Gasteiger partial charge in [0.1, 0.15) is 23.2 Å². The summed E-state index contributed by atoms with van der Waals surface area (Å²) in [4.78, 5) is 23.0. The Morgan fingerprint density at radius 3 is 2.58 bits per heavy atom. The predicted octanol–water partition coefficient (Wildman–Crippen LogP) is 2.74. The fraction of sp³-hybridized carbons (Fsp3) is 0.389. The second kappa shape index (κ2) is 8.38. The van der Waals surface area contributed by atoms with Gasteiger partial charge in [0.15, 0.2) is 0 Å². The van der Waals surface area contributed by atoms with E-state index in [1.165, 1.54) is 6.07 Å². The van der Waals surface area contributed by atoms with Gasteiger partial charge in [0.25, 0.3) is 5.91 Å². The predicted molar refractivity (Wildman–Crippen MR) is 92.8 cm³/mol. The molecule has 0 spiro atoms. The Balaban J connectivity index is 2.03. The molecule has 1 N–H and O–H groups in total. The van der Waals surface area contributed by atoms with Gasteiger partial charge in [-0.25, -0.2) is 14.4 Å². The van der Waals surface area contributed by atoms with Crippen LogP contribution in [0.4, 0.5) is 10.2 Å². The van der Waals surface area contributed by atoms with Crippen LogP contribution >= 0.6 is 0 Å². The highest BCUT2D eigenvalue weighted by Gasteiger charge is 2.13. The van der Waals surface area contributed by atoms with Gasteiger partial charge in [0.05, 0.1) is 0 Å². The lowest BCUT2D eigenvalue weighted by Gasteiger charge is -2.20. The Labute approximate surface area is 141 Å². The monoisotopic (exact) mass is 330 g/mol. The number of halogens is 1. The average Bonchev–Trinajstić information content (AvgIpc) is 2.57. The van der Waals surface area contributed by atoms with Crippen LogP contribution in [-0.4, -0.2) is 35.5 Å². The molecule has 24 heavy (non-hydrogen) atoms. The van der Waals surface area contributed by atoms with Gasteiger partial charge in [0.2, 0.25) is 0 Å². The number of carbonyl (C=O) groups excluding carboxylic acids is 1. The van der Waals surface area contributed by atoms with Gasteiger partial charge in [0, 0.05) is 25.7 Å². The van der Waals surface area contributed by atoms with Crippen LogP contribution in [0.3, 0.4) is 0 Å². The van der Waals surface area contributed by atoms with Crippen molar-refractivity contribution in [2.45, 2.75) is 27.2 Å². The summed E-state index contributed by atoms with van der Waals surface area (Å²) in [7, 11) is 0. The quantitative estimate of drug-likeness (QED) is 0.848. The number of aromatic nitrogens is 2. The summed E-state index contributed by atoms with van der Waals surface area (Å²) < 4.78 is 13.6. The summed E-state index contributed by atoms with van der Waals surface area (Å²) in [5.41, 5.74) is 0.915. The van der Waals surface area contributed by atoms with E-state index in [1.54, 1.807) is 31.2 Å². The van der Waals surface area contributed by atoms with Crippen molar-refractivity contribution in [2.24, 2.45) is 0 Å². The number of amides is 1. The van der Waals surface area contributed by atoms with Crippen molar-refractivity contribution in [3.05, 3.63) is 53.2 Å². The molecule has 0 bridgehead atoms. The summed E-state index contributed by atoms with van der Waals surface area (Å²) in [6, 6.07) is 8.26. The van der Waals surface area contributed by atoms with Crippen LogP contribution in [0.15, 0.2) is 30.3 Å². The van der Waals surface area contributed by atoms with Crippen LogP contribution in [0.5, 0.6) is 0 Å². The fourth-order valence-electron chi connectivity index (χ4n) is 2.48. The van der Waals surface area contributed by atoms with E-state index >= 15 is 0 Å². The van der Waals surface area contributed by atoms with Gasteiger partial charge < -0.3 is 10.2 Å². The van der Waals surface area contributed by atoms with Crippen molar-refractivity contribution < 1.29 is 9.18 Å². The van der Waals surface area contributed by atoms with E-state index in [1.807, 2.05) is 13.8 Å². The molecular formula is C18H23FN4O. The number of aryl methyl sites for hydroxylation is 1. The zero-order chi connectivity index (χ0) is 17.5. The molecule has 0 saturated carbocycles. The molecule has 0 atom stereocenters. The summed E-state index contributed by atoms with van der Waals surface area (Å²) in [5, 5.41) is 2.79. The Bertz CT molecular complexity index is 701. The molecule has 0 aliphatic heterocycles. The number of hydrogen-bond acceptors (Lipinski definition) is 4. The van der Waals surface area contributed by atoms with Gasteiger partial charge in [-0.15, -0.1) is 0 Å². The number of nitrogens with one attached hydrogen (secondary N) is 1. The Hall–Kier alpha value is -2.50. The molecule has 6 heteroatoms. The van der Waals surface area contributed by atoms with Crippen molar-refractivity contribution in [1.29, 1.82) is 0 Å². The van der Waals surface area contributed by atoms with Crippen molar-refractivity contribution in [3.63, 3.8) is 0 Å². The molecule has 2 aromatic rings. The van der Waals surface area contributed by atoms with E-state index in [0.29, 0.717) is 30.0 Å². The maximum Gasteiger partial charge on any atom is 0.270 e. The first-order valence-corrected chi connectivity index (χ1v) is 8.17. The third-order valence-corrected chi connectivity index (χ3v) is 3.78. The smallest absolute Gasteiger partial charge is 0.270 e. The molecule has 1 aromatic carbocycles. The van der Waals surface area contributed by atoms with Crippen LogP contribution in [0.1, 0.15) is 35.7 Å². The lowest BCUT2D eigenvalue weighted by molar-refractivity contribution is 0.0948. The fourth-order valence-corrected chi connectivity index (χ4v) is 2.48. The van der Waals surface area contributed by atoms with E-state index in [-0.39, 0.29) is 11.7 Å². The van der Waals surface area contributed by atoms with Crippen molar-refractivity contribution in [2.75, 3.05) is 24.5 Å². The normalized spacial score (nSPS) is 10.5. The molecule has 2 rings (SSSR count). The number of nitrogens with zero attached hydrogens (tertiary/aromatic N) is 3. The maximum atomic E-state index is 13.6. The second-order valence-electron chi connectivity index (χ2n) is 5.43. The molecule has 1 amide bonds. The molecule has 0 saturated heterocycles. The standard InChI is InChI=1S/C18H23FN4O/c1-4-23(5-2)17-12-16(21-13(3)22-17)18(24)20-11-10-14-8-6-7-9-15(14)19/h6-9,12H,4-5,10-11H2,1-3H3,(H,20,24). The lowest BCUT2D eigenvalue weighted by atomic mass is 10.1. The molecule has 1 heterocycles. The van der Waals surface area contributed by atoms with E-state index in [0.717, 1.165) is 18.9 Å². The molecule has 0 aliphatic carbocycles. The first-order chi connectivity index (χ1) is 11.5. The van der Waals surface area contributed by atoms with Crippen molar-refractivity contribution in [1.82, 2.24) is 15.3 Å². The summed E-state index contributed by atoms with van der Waals surface area (Å²) in [5.74, 6) is 0.768. The highest BCUT2D eigenvalue weighted by atomic mass is 19.1. The van der Waals surface area contributed by atoms with Crippen LogP contribution in [0, 0.1) is 12.7 Å². The maximum absolute atomic E-state index is 13.6. The number of rotatable bonds is 7. The molecule has 0 aliphatic rings. The minimum atomic E-state index is -0.273. The summed E-state index contributed by atoms with van der Waals surface area (Å²) in [6.07, 6.45) is 0.436. The molecule has 1 aromatic heterocycles. The topological polar surface area (TPSA) is 58.1 Å². The largest absolute Gasteiger partial charge is 0.357 e. The van der Waals surface area contributed by atoms with Gasteiger partial charge in [-0.3, -0.25) is 4.79 Å². The summed E-state index contributed by atoms with van der Waals surface area (Å²) >= 11 is 0. The zero-order valence-corrected chi connectivity index (χ0v) is 14.3. The number of benzene rings is 1. The highest BCUT2D eigenvalue weighted by molar-refractivity contribution is 5.92. The van der Waals surface area contributed by atoms with E-state index < -0.39 is 0 Å². The van der Waals surface area contributed by atoms with Crippen molar-refractivity contribution in [3.8, 4) is 0 Å². The lowest BCUT2D eigenvalue weighted by Crippen LogP contribution is -2.28. The van der Waals surface area contributed by atoms with Crippen LogP contribution in [0.25, 0.3) is 0 Å². The van der Waals surface area contributed by atoms with Gasteiger partial charge in [-0.05, 0) is 38.8 Å². The molecule has 128 valence electrons. The number of anilines is 1. The minimum Gasteiger partial charge on any atom is -0.357 e. The minimum absolute atomic E-state index is 0.256. The third kappa shape index (κ3) is 4.50. The Morgan fingerprint density at radius 2 is 1.92 bits per heavy atom. The van der Waals surface area contributed by atoms with E-state index in [4.69, 9.17) is 0 Å². The molecule has 0 radical (unpaired) electrons. The number of hydrogen-bond donors (Lipinski definition) is 1. The van der Waals surface area contributed by atoms with Crippen LogP contribution in [-0.2, 0) is 6.42 Å². The van der Waals surface area contributed by atoms with Crippen molar-refractivity contribution >= 4 is 11.7 Å². The SMILES string of the molecule is CCN(CC)c1cc(C(=O)NCCc2ccccc2F)nc(C)n1. The third-order valence-electron chi connectivity index (χ3n) is 3.78. The molecule has 0 unspecified atom stereocenters. The second-order valence-corrected chi connectivity index (χ2v) is 5.43. The Morgan fingerprint density at radius 1 is 1.21 bits per heavy atom. The van der Waals surface area contributed by atoms with Crippen LogP contribution < -0.4 is 10.2 Å². The van der Waals surface area contributed by atoms with E-state index in [9.17, 15) is 9.18 Å². The Kier molecular flexibility index (Phi) is 6.23. The summed E-state index contributed by atoms with van der Waals surface area (Å²) in [6.45, 7) is 7.80. The van der Waals surface area contributed by atoms with Gasteiger partial charge in [-0.2, -0.15) is 0 Å². The average molecular weight is 330 g/mol. The van der Waals surface area contributed by atoms with Gasteiger partial charge >= 0.3 is 0 Å². The highest BCUT2D eigenvalue weighted by Crippen LogP contribution is 2.12. The molecule has 5 nitrogen and oxygen atoms in total. The zero-order valence-electron chi connectivity index (χ0n) is 14.3. The molecule has 0 fully saturated rings.